The summed E-state index contributed by atoms with van der Waals surface area (Å²) in [6.07, 6.45) is -5.21. The lowest BCUT2D eigenvalue weighted by Gasteiger charge is -2.32. The molecule has 3 atom stereocenters. The Hall–Kier alpha value is -1.51. The summed E-state index contributed by atoms with van der Waals surface area (Å²) in [5, 5.41) is 2.63. The van der Waals surface area contributed by atoms with E-state index in [1.165, 1.54) is 19.2 Å². The van der Waals surface area contributed by atoms with Crippen molar-refractivity contribution in [3.05, 3.63) is 34.3 Å². The maximum absolute atomic E-state index is 13.5. The van der Waals surface area contributed by atoms with Gasteiger partial charge in [0.1, 0.15) is 5.60 Å². The summed E-state index contributed by atoms with van der Waals surface area (Å²) in [5.41, 5.74) is -1.71. The van der Waals surface area contributed by atoms with Crippen LogP contribution in [0.5, 0.6) is 0 Å². The molecule has 1 aliphatic rings. The van der Waals surface area contributed by atoms with Crippen LogP contribution in [-0.4, -0.2) is 30.9 Å². The van der Waals surface area contributed by atoms with Crippen LogP contribution in [0.2, 0.25) is 5.02 Å². The Morgan fingerprint density at radius 3 is 2.54 bits per heavy atom. The first-order chi connectivity index (χ1) is 12.8. The van der Waals surface area contributed by atoms with E-state index in [0.29, 0.717) is 6.42 Å². The van der Waals surface area contributed by atoms with Crippen molar-refractivity contribution in [3.63, 3.8) is 0 Å². The number of alkyl carbamates (subject to hydrolysis) is 1. The normalized spacial score (nSPS) is 24.1. The zero-order valence-corrected chi connectivity index (χ0v) is 17.2. The van der Waals surface area contributed by atoms with Crippen LogP contribution in [0.3, 0.4) is 0 Å². The molecule has 0 saturated carbocycles. The third-order valence-corrected chi connectivity index (χ3v) is 4.66. The van der Waals surface area contributed by atoms with Gasteiger partial charge >= 0.3 is 12.3 Å². The zero-order chi connectivity index (χ0) is 21.3. The van der Waals surface area contributed by atoms with Crippen LogP contribution in [0, 0.1) is 0 Å². The lowest BCUT2D eigenvalue weighted by molar-refractivity contribution is -0.228. The molecule has 1 heterocycles. The maximum atomic E-state index is 13.5. The van der Waals surface area contributed by atoms with E-state index in [2.05, 4.69) is 5.32 Å². The highest BCUT2D eigenvalue weighted by Crippen LogP contribution is 2.46. The molecule has 2 rings (SSSR count). The van der Waals surface area contributed by atoms with Crippen LogP contribution in [0.4, 0.5) is 18.0 Å². The van der Waals surface area contributed by atoms with Crippen LogP contribution >= 0.6 is 11.6 Å². The van der Waals surface area contributed by atoms with Crippen molar-refractivity contribution in [2.75, 3.05) is 7.11 Å². The minimum atomic E-state index is -4.62. The van der Waals surface area contributed by atoms with Gasteiger partial charge < -0.3 is 19.5 Å². The monoisotopic (exact) mass is 423 g/mol. The van der Waals surface area contributed by atoms with E-state index in [-0.39, 0.29) is 17.0 Å². The fourth-order valence-electron chi connectivity index (χ4n) is 3.17. The van der Waals surface area contributed by atoms with E-state index in [1.54, 1.807) is 27.7 Å². The van der Waals surface area contributed by atoms with Crippen molar-refractivity contribution in [2.45, 2.75) is 70.2 Å². The highest BCUT2D eigenvalue weighted by atomic mass is 35.5. The van der Waals surface area contributed by atoms with Gasteiger partial charge in [0.2, 0.25) is 0 Å². The van der Waals surface area contributed by atoms with Crippen molar-refractivity contribution in [1.29, 1.82) is 0 Å². The van der Waals surface area contributed by atoms with E-state index in [1.807, 2.05) is 0 Å². The van der Waals surface area contributed by atoms with Gasteiger partial charge in [0.05, 0.1) is 17.7 Å². The highest BCUT2D eigenvalue weighted by Gasteiger charge is 2.49. The lowest BCUT2D eigenvalue weighted by Crippen LogP contribution is -2.44. The molecule has 0 spiro atoms. The predicted molar refractivity (Wildman–Crippen MR) is 98.1 cm³/mol. The van der Waals surface area contributed by atoms with Gasteiger partial charge in [-0.05, 0) is 46.2 Å². The first-order valence-electron chi connectivity index (χ1n) is 8.87. The van der Waals surface area contributed by atoms with Crippen molar-refractivity contribution < 1.29 is 32.2 Å². The van der Waals surface area contributed by atoms with Crippen LogP contribution in [0.25, 0.3) is 0 Å². The molecule has 5 nitrogen and oxygen atoms in total. The second-order valence-corrected chi connectivity index (χ2v) is 8.21. The molecule has 28 heavy (non-hydrogen) atoms. The molecule has 0 bridgehead atoms. The number of nitrogens with one attached hydrogen (secondary N) is 1. The topological polar surface area (TPSA) is 56.8 Å². The van der Waals surface area contributed by atoms with Gasteiger partial charge in [0.15, 0.2) is 5.79 Å². The minimum Gasteiger partial charge on any atom is -0.444 e. The molecule has 1 fully saturated rings. The summed E-state index contributed by atoms with van der Waals surface area (Å²) in [6, 6.07) is 3.00. The van der Waals surface area contributed by atoms with Crippen LogP contribution in [-0.2, 0) is 26.2 Å². The lowest BCUT2D eigenvalue weighted by atomic mass is 9.96. The third kappa shape index (κ3) is 5.30. The number of hydrogen-bond donors (Lipinski definition) is 1. The van der Waals surface area contributed by atoms with Crippen molar-refractivity contribution >= 4 is 17.7 Å². The molecule has 9 heteroatoms. The molecule has 0 radical (unpaired) electrons. The molecule has 0 aromatic heterocycles. The molecule has 0 aliphatic carbocycles. The summed E-state index contributed by atoms with van der Waals surface area (Å²) in [7, 11) is 1.29. The first kappa shape index (κ1) is 22.8. The van der Waals surface area contributed by atoms with E-state index < -0.39 is 41.4 Å². The molecule has 1 aromatic carbocycles. The Kier molecular flexibility index (Phi) is 6.57. The molecular weight excluding hydrogens is 399 g/mol. The Balaban J connectivity index is 2.22. The van der Waals surface area contributed by atoms with E-state index in [0.717, 1.165) is 6.07 Å². The van der Waals surface area contributed by atoms with E-state index in [9.17, 15) is 18.0 Å². The highest BCUT2D eigenvalue weighted by molar-refractivity contribution is 6.30. The fraction of sp³-hybridized carbons (Fsp3) is 0.632. The van der Waals surface area contributed by atoms with Crippen molar-refractivity contribution in [2.24, 2.45) is 0 Å². The second-order valence-electron chi connectivity index (χ2n) is 7.77. The number of alkyl halides is 3. The van der Waals surface area contributed by atoms with Gasteiger partial charge in [-0.1, -0.05) is 17.7 Å². The SMILES string of the molecule is COC1(c2ccc(Cl)cc2C(F)(F)F)CCC(C(C)NC(=O)OC(C)(C)C)O1. The number of ether oxygens (including phenoxy) is 3. The Labute approximate surface area is 167 Å². The maximum Gasteiger partial charge on any atom is 0.416 e. The van der Waals surface area contributed by atoms with E-state index >= 15 is 0 Å². The van der Waals surface area contributed by atoms with Gasteiger partial charge in [0.25, 0.3) is 0 Å². The summed E-state index contributed by atoms with van der Waals surface area (Å²) >= 11 is 5.76. The standard InChI is InChI=1S/C19H25ClF3NO4/c1-11(24-16(25)28-17(2,3)4)15-8-9-18(26-5,27-15)13-7-6-12(20)10-14(13)19(21,22)23/h6-7,10-11,15H,8-9H2,1-5H3,(H,24,25). The molecule has 158 valence electrons. The number of benzene rings is 1. The summed E-state index contributed by atoms with van der Waals surface area (Å²) < 4.78 is 57.1. The van der Waals surface area contributed by atoms with Crippen LogP contribution < -0.4 is 5.32 Å². The fourth-order valence-corrected chi connectivity index (χ4v) is 3.35. The number of carbonyl (C=O) groups is 1. The number of rotatable bonds is 4. The number of methoxy groups -OCH3 is 1. The van der Waals surface area contributed by atoms with Crippen LogP contribution in [0.1, 0.15) is 51.7 Å². The second kappa shape index (κ2) is 8.08. The van der Waals surface area contributed by atoms with Crippen LogP contribution in [0.15, 0.2) is 18.2 Å². The van der Waals surface area contributed by atoms with Gasteiger partial charge in [-0.3, -0.25) is 0 Å². The molecule has 1 N–H and O–H groups in total. The Morgan fingerprint density at radius 2 is 2.00 bits per heavy atom. The van der Waals surface area contributed by atoms with Crippen molar-refractivity contribution in [1.82, 2.24) is 5.32 Å². The predicted octanol–water partition coefficient (Wildman–Crippen LogP) is 5.25. The molecule has 1 aromatic rings. The minimum absolute atomic E-state index is 0.0307. The largest absolute Gasteiger partial charge is 0.444 e. The van der Waals surface area contributed by atoms with Gasteiger partial charge in [-0.2, -0.15) is 13.2 Å². The summed E-state index contributed by atoms with van der Waals surface area (Å²) in [6.45, 7) is 6.91. The zero-order valence-electron chi connectivity index (χ0n) is 16.4. The number of hydrogen-bond acceptors (Lipinski definition) is 4. The third-order valence-electron chi connectivity index (χ3n) is 4.43. The van der Waals surface area contributed by atoms with Crippen molar-refractivity contribution in [3.8, 4) is 0 Å². The molecule has 1 amide bonds. The smallest absolute Gasteiger partial charge is 0.416 e. The molecular formula is C19H25ClF3NO4. The average Bonchev–Trinajstić information content (AvgIpc) is 2.98. The quantitative estimate of drug-likeness (QED) is 0.718. The number of carbonyl (C=O) groups excluding carboxylic acids is 1. The molecule has 3 unspecified atom stereocenters. The molecule has 1 aliphatic heterocycles. The summed E-state index contributed by atoms with van der Waals surface area (Å²) in [5.74, 6) is -1.58. The first-order valence-corrected chi connectivity index (χ1v) is 9.25. The summed E-state index contributed by atoms with van der Waals surface area (Å²) in [4.78, 5) is 12.0. The number of amides is 1. The van der Waals surface area contributed by atoms with Gasteiger partial charge in [-0.25, -0.2) is 4.79 Å². The Bertz CT molecular complexity index is 720. The van der Waals surface area contributed by atoms with E-state index in [4.69, 9.17) is 25.8 Å². The molecule has 1 saturated heterocycles. The van der Waals surface area contributed by atoms with Gasteiger partial charge in [-0.15, -0.1) is 0 Å². The Morgan fingerprint density at radius 1 is 1.36 bits per heavy atom. The average molecular weight is 424 g/mol. The van der Waals surface area contributed by atoms with Gasteiger partial charge in [0, 0.05) is 24.1 Å². The number of halogens is 4.